The van der Waals surface area contributed by atoms with E-state index in [-0.39, 0.29) is 11.3 Å². The number of phenolic OH excluding ortho intramolecular Hbond substituents is 1. The van der Waals surface area contributed by atoms with Crippen molar-refractivity contribution < 1.29 is 29.8 Å². The maximum Gasteiger partial charge on any atom is 0.268 e. The van der Waals surface area contributed by atoms with Crippen molar-refractivity contribution in [1.29, 1.82) is 0 Å². The molecule has 5 N–H and O–H groups in total. The Labute approximate surface area is 172 Å². The molecule has 2 aromatic rings. The van der Waals surface area contributed by atoms with Crippen molar-refractivity contribution in [3.05, 3.63) is 64.7 Å². The van der Waals surface area contributed by atoms with Crippen LogP contribution >= 0.6 is 0 Å². The van der Waals surface area contributed by atoms with Crippen LogP contribution in [0.5, 0.6) is 5.75 Å². The van der Waals surface area contributed by atoms with Crippen LogP contribution in [0.4, 0.5) is 0 Å². The molecule has 9 heteroatoms. The molecular weight excluding hydrogens is 390 g/mol. The fourth-order valence-electron chi connectivity index (χ4n) is 2.41. The summed E-state index contributed by atoms with van der Waals surface area (Å²) >= 11 is 0. The van der Waals surface area contributed by atoms with Crippen LogP contribution in [0.3, 0.4) is 0 Å². The van der Waals surface area contributed by atoms with Gasteiger partial charge in [-0.15, -0.1) is 0 Å². The molecular formula is C21H21N3O6. The second kappa shape index (κ2) is 10.6. The number of aliphatic hydroxyl groups is 1. The van der Waals surface area contributed by atoms with Gasteiger partial charge in [-0.25, -0.2) is 5.48 Å². The second-order valence-electron chi connectivity index (χ2n) is 6.19. The Balaban J connectivity index is 2.14. The van der Waals surface area contributed by atoms with Gasteiger partial charge in [0.15, 0.2) is 0 Å². The van der Waals surface area contributed by atoms with Gasteiger partial charge >= 0.3 is 0 Å². The Morgan fingerprint density at radius 3 is 2.33 bits per heavy atom. The molecule has 2 atom stereocenters. The number of oxime groups is 1. The monoisotopic (exact) mass is 411 g/mol. The number of rotatable bonds is 6. The van der Waals surface area contributed by atoms with Gasteiger partial charge in [0.25, 0.3) is 11.8 Å². The van der Waals surface area contributed by atoms with Crippen molar-refractivity contribution >= 4 is 18.0 Å². The van der Waals surface area contributed by atoms with E-state index < -0.39 is 24.0 Å². The molecule has 2 aromatic carbocycles. The topological polar surface area (TPSA) is 140 Å². The molecule has 0 heterocycles. The number of phenols is 1. The van der Waals surface area contributed by atoms with E-state index in [4.69, 9.17) is 5.21 Å². The Morgan fingerprint density at radius 2 is 1.77 bits per heavy atom. The lowest BCUT2D eigenvalue weighted by Gasteiger charge is -2.19. The van der Waals surface area contributed by atoms with Gasteiger partial charge in [-0.05, 0) is 42.8 Å². The molecule has 2 rings (SSSR count). The van der Waals surface area contributed by atoms with Gasteiger partial charge < -0.3 is 20.4 Å². The zero-order chi connectivity index (χ0) is 22.1. The molecule has 0 bridgehead atoms. The molecule has 0 unspecified atom stereocenters. The summed E-state index contributed by atoms with van der Waals surface area (Å²) in [6.45, 7) is 1.27. The first kappa shape index (κ1) is 22.4. The number of nitrogens with zero attached hydrogens (tertiary/aromatic N) is 1. The quantitative estimate of drug-likeness (QED) is 0.206. The van der Waals surface area contributed by atoms with Gasteiger partial charge in [0.05, 0.1) is 17.9 Å². The van der Waals surface area contributed by atoms with Gasteiger partial charge in [0.2, 0.25) is 0 Å². The summed E-state index contributed by atoms with van der Waals surface area (Å²) in [4.78, 5) is 28.4. The molecule has 0 spiro atoms. The van der Waals surface area contributed by atoms with Gasteiger partial charge in [0.1, 0.15) is 18.9 Å². The smallest absolute Gasteiger partial charge is 0.268 e. The van der Waals surface area contributed by atoms with E-state index in [1.54, 1.807) is 18.3 Å². The standard InChI is InChI=1S/C21H21N3O6/c1-13(25)19(21(28)24-29)23-20(27)17-10-9-15(11-18(17)26)6-3-14-4-7-16(8-5-14)12-22-30-2/h4-5,7-13,19,25-26,29H,1-2H3,(H,23,27)(H,24,28)/b22-12+/t13-,19+/m1/s1. The highest BCUT2D eigenvalue weighted by molar-refractivity contribution is 5.99. The highest BCUT2D eigenvalue weighted by Gasteiger charge is 2.26. The van der Waals surface area contributed by atoms with E-state index in [1.165, 1.54) is 37.7 Å². The molecule has 0 fully saturated rings. The Morgan fingerprint density at radius 1 is 1.13 bits per heavy atom. The summed E-state index contributed by atoms with van der Waals surface area (Å²) in [7, 11) is 1.46. The van der Waals surface area contributed by atoms with Gasteiger partial charge in [-0.1, -0.05) is 29.1 Å². The number of aromatic hydroxyl groups is 1. The van der Waals surface area contributed by atoms with Crippen LogP contribution in [0.15, 0.2) is 47.6 Å². The number of hydrogen-bond donors (Lipinski definition) is 5. The molecule has 0 aliphatic rings. The first-order valence-electron chi connectivity index (χ1n) is 8.80. The lowest BCUT2D eigenvalue weighted by Crippen LogP contribution is -2.51. The number of hydroxylamine groups is 1. The molecule has 30 heavy (non-hydrogen) atoms. The zero-order valence-corrected chi connectivity index (χ0v) is 16.3. The lowest BCUT2D eigenvalue weighted by atomic mass is 10.1. The van der Waals surface area contributed by atoms with E-state index >= 15 is 0 Å². The van der Waals surface area contributed by atoms with Crippen LogP contribution in [0.2, 0.25) is 0 Å². The van der Waals surface area contributed by atoms with Crippen LogP contribution in [-0.2, 0) is 9.63 Å². The summed E-state index contributed by atoms with van der Waals surface area (Å²) in [5.74, 6) is 3.69. The molecule has 0 aliphatic heterocycles. The lowest BCUT2D eigenvalue weighted by molar-refractivity contribution is -0.133. The summed E-state index contributed by atoms with van der Waals surface area (Å²) in [6.07, 6.45) is 0.297. The highest BCUT2D eigenvalue weighted by Crippen LogP contribution is 2.19. The number of aliphatic hydroxyl groups excluding tert-OH is 1. The van der Waals surface area contributed by atoms with Crippen LogP contribution in [0.1, 0.15) is 34.0 Å². The van der Waals surface area contributed by atoms with Gasteiger partial charge in [0, 0.05) is 11.1 Å². The molecule has 0 aliphatic carbocycles. The van der Waals surface area contributed by atoms with E-state index in [9.17, 15) is 19.8 Å². The largest absolute Gasteiger partial charge is 0.507 e. The molecule has 0 saturated heterocycles. The van der Waals surface area contributed by atoms with Gasteiger partial charge in [-0.3, -0.25) is 14.8 Å². The predicted molar refractivity (Wildman–Crippen MR) is 108 cm³/mol. The first-order valence-corrected chi connectivity index (χ1v) is 8.80. The third-order valence-corrected chi connectivity index (χ3v) is 3.97. The van der Waals surface area contributed by atoms with Crippen molar-refractivity contribution in [2.45, 2.75) is 19.1 Å². The fraction of sp³-hybridized carbons (Fsp3) is 0.190. The molecule has 0 radical (unpaired) electrons. The zero-order valence-electron chi connectivity index (χ0n) is 16.3. The van der Waals surface area contributed by atoms with Crippen molar-refractivity contribution in [3.63, 3.8) is 0 Å². The summed E-state index contributed by atoms with van der Waals surface area (Å²) < 4.78 is 0. The number of amides is 2. The van der Waals surface area contributed by atoms with Crippen molar-refractivity contribution in [2.75, 3.05) is 7.11 Å². The maximum absolute atomic E-state index is 12.3. The molecule has 2 amide bonds. The average molecular weight is 411 g/mol. The minimum atomic E-state index is -1.39. The van der Waals surface area contributed by atoms with Crippen LogP contribution in [-0.4, -0.2) is 52.7 Å². The van der Waals surface area contributed by atoms with Gasteiger partial charge in [-0.2, -0.15) is 0 Å². The molecule has 0 aromatic heterocycles. The SMILES string of the molecule is CO/N=C/c1ccc(C#Cc2ccc(C(=O)N[C@H](C(=O)NO)[C@@H](C)O)c(O)c2)cc1. The maximum atomic E-state index is 12.3. The Kier molecular flexibility index (Phi) is 7.93. The number of carbonyl (C=O) groups excluding carboxylic acids is 2. The number of benzene rings is 2. The number of carbonyl (C=O) groups is 2. The van der Waals surface area contributed by atoms with E-state index in [1.807, 2.05) is 12.1 Å². The highest BCUT2D eigenvalue weighted by atomic mass is 16.6. The second-order valence-corrected chi connectivity index (χ2v) is 6.19. The van der Waals surface area contributed by atoms with Crippen molar-refractivity contribution in [2.24, 2.45) is 5.16 Å². The Hall–Kier alpha value is -3.87. The van der Waals surface area contributed by atoms with E-state index in [0.717, 1.165) is 11.1 Å². The third-order valence-electron chi connectivity index (χ3n) is 3.97. The van der Waals surface area contributed by atoms with Crippen molar-refractivity contribution in [1.82, 2.24) is 10.8 Å². The summed E-state index contributed by atoms with van der Waals surface area (Å²) in [6, 6.07) is 10.0. The minimum Gasteiger partial charge on any atom is -0.507 e. The molecule has 156 valence electrons. The summed E-state index contributed by atoms with van der Waals surface area (Å²) in [5, 5.41) is 34.3. The van der Waals surface area contributed by atoms with E-state index in [2.05, 4.69) is 27.2 Å². The number of hydrogen-bond acceptors (Lipinski definition) is 7. The molecule has 0 saturated carbocycles. The van der Waals surface area contributed by atoms with Crippen LogP contribution in [0, 0.1) is 11.8 Å². The molecule has 9 nitrogen and oxygen atoms in total. The normalized spacial score (nSPS) is 12.4. The van der Waals surface area contributed by atoms with Crippen LogP contribution in [0.25, 0.3) is 0 Å². The first-order chi connectivity index (χ1) is 14.3. The summed E-state index contributed by atoms with van der Waals surface area (Å²) in [5.41, 5.74) is 3.30. The predicted octanol–water partition coefficient (Wildman–Crippen LogP) is 0.757. The number of nitrogens with one attached hydrogen (secondary N) is 2. The van der Waals surface area contributed by atoms with Crippen LogP contribution < -0.4 is 10.8 Å². The minimum absolute atomic E-state index is 0.112. The van der Waals surface area contributed by atoms with E-state index in [0.29, 0.717) is 5.56 Å². The van der Waals surface area contributed by atoms with Crippen molar-refractivity contribution in [3.8, 4) is 17.6 Å². The third kappa shape index (κ3) is 6.07. The average Bonchev–Trinajstić information content (AvgIpc) is 2.74. The fourth-order valence-corrected chi connectivity index (χ4v) is 2.41. The Bertz CT molecular complexity index is 990.